The maximum Gasteiger partial charge on any atom is 0.251 e. The molecule has 2 heteroatoms. The van der Waals surface area contributed by atoms with E-state index in [-0.39, 0.29) is 5.91 Å². The minimum atomic E-state index is 0.0717. The molecule has 2 aliphatic rings. The molecule has 2 aromatic rings. The first kappa shape index (κ1) is 9.89. The Kier molecular flexibility index (Phi) is 1.90. The molecule has 0 fully saturated rings. The SMILES string of the molecule is O=C1NC[C@H]2c3ccccc3Cc3cccc1c32. The van der Waals surface area contributed by atoms with Gasteiger partial charge in [-0.15, -0.1) is 0 Å². The van der Waals surface area contributed by atoms with Gasteiger partial charge in [0.1, 0.15) is 0 Å². The fraction of sp³-hybridized carbons (Fsp3) is 0.188. The molecule has 1 amide bonds. The second-order valence-corrected chi connectivity index (χ2v) is 5.02. The van der Waals surface area contributed by atoms with E-state index in [2.05, 4.69) is 35.6 Å². The van der Waals surface area contributed by atoms with Crippen molar-refractivity contribution in [2.75, 3.05) is 6.54 Å². The van der Waals surface area contributed by atoms with Crippen LogP contribution in [0.3, 0.4) is 0 Å². The highest BCUT2D eigenvalue weighted by Crippen LogP contribution is 2.39. The van der Waals surface area contributed by atoms with Gasteiger partial charge in [-0.05, 0) is 34.7 Å². The molecule has 4 rings (SSSR count). The lowest BCUT2D eigenvalue weighted by molar-refractivity contribution is 0.0942. The Morgan fingerprint density at radius 1 is 1.00 bits per heavy atom. The van der Waals surface area contributed by atoms with Crippen molar-refractivity contribution in [2.24, 2.45) is 0 Å². The molecule has 2 aromatic carbocycles. The summed E-state index contributed by atoms with van der Waals surface area (Å²) in [5.74, 6) is 0.404. The summed E-state index contributed by atoms with van der Waals surface area (Å²) in [6.07, 6.45) is 0.948. The first-order valence-corrected chi connectivity index (χ1v) is 6.32. The number of rotatable bonds is 0. The maximum atomic E-state index is 11.9. The van der Waals surface area contributed by atoms with E-state index in [1.807, 2.05) is 12.1 Å². The third-order valence-corrected chi connectivity index (χ3v) is 4.07. The Labute approximate surface area is 106 Å². The van der Waals surface area contributed by atoms with E-state index in [0.717, 1.165) is 18.5 Å². The molecule has 0 radical (unpaired) electrons. The largest absolute Gasteiger partial charge is 0.351 e. The molecule has 1 N–H and O–H groups in total. The zero-order chi connectivity index (χ0) is 12.1. The van der Waals surface area contributed by atoms with Crippen molar-refractivity contribution >= 4 is 5.91 Å². The summed E-state index contributed by atoms with van der Waals surface area (Å²) < 4.78 is 0. The first-order chi connectivity index (χ1) is 8.84. The van der Waals surface area contributed by atoms with Crippen LogP contribution in [-0.4, -0.2) is 12.5 Å². The van der Waals surface area contributed by atoms with Crippen molar-refractivity contribution < 1.29 is 4.79 Å². The van der Waals surface area contributed by atoms with Gasteiger partial charge in [-0.25, -0.2) is 0 Å². The molecule has 0 spiro atoms. The monoisotopic (exact) mass is 235 g/mol. The van der Waals surface area contributed by atoms with Gasteiger partial charge in [0, 0.05) is 18.0 Å². The van der Waals surface area contributed by atoms with Gasteiger partial charge in [0.25, 0.3) is 5.91 Å². The molecule has 1 aliphatic carbocycles. The summed E-state index contributed by atoms with van der Waals surface area (Å²) in [6, 6.07) is 14.6. The molecule has 18 heavy (non-hydrogen) atoms. The highest BCUT2D eigenvalue weighted by Gasteiger charge is 2.32. The lowest BCUT2D eigenvalue weighted by atomic mass is 9.74. The molecule has 1 atom stereocenters. The molecular formula is C16H13NO. The fourth-order valence-corrected chi connectivity index (χ4v) is 3.27. The molecular weight excluding hydrogens is 222 g/mol. The quantitative estimate of drug-likeness (QED) is 0.746. The van der Waals surface area contributed by atoms with Crippen LogP contribution in [0, 0.1) is 0 Å². The van der Waals surface area contributed by atoms with Crippen LogP contribution in [-0.2, 0) is 6.42 Å². The fourth-order valence-electron chi connectivity index (χ4n) is 3.27. The molecule has 0 unspecified atom stereocenters. The summed E-state index contributed by atoms with van der Waals surface area (Å²) in [5, 5.41) is 3.00. The Morgan fingerprint density at radius 3 is 2.78 bits per heavy atom. The summed E-state index contributed by atoms with van der Waals surface area (Å²) in [6.45, 7) is 0.722. The third kappa shape index (κ3) is 1.20. The Balaban J connectivity index is 2.01. The molecule has 1 heterocycles. The van der Waals surface area contributed by atoms with Crippen LogP contribution in [0.15, 0.2) is 42.5 Å². The van der Waals surface area contributed by atoms with Crippen molar-refractivity contribution in [2.45, 2.75) is 12.3 Å². The number of nitrogens with one attached hydrogen (secondary N) is 1. The van der Waals surface area contributed by atoms with E-state index < -0.39 is 0 Å². The van der Waals surface area contributed by atoms with Gasteiger partial charge in [-0.3, -0.25) is 4.79 Å². The van der Waals surface area contributed by atoms with Crippen LogP contribution in [0.2, 0.25) is 0 Å². The van der Waals surface area contributed by atoms with E-state index in [0.29, 0.717) is 5.92 Å². The molecule has 2 nitrogen and oxygen atoms in total. The van der Waals surface area contributed by atoms with E-state index in [1.165, 1.54) is 22.3 Å². The van der Waals surface area contributed by atoms with Crippen LogP contribution in [0.5, 0.6) is 0 Å². The molecule has 0 saturated carbocycles. The summed E-state index contributed by atoms with van der Waals surface area (Å²) in [5.41, 5.74) is 6.19. The van der Waals surface area contributed by atoms with Gasteiger partial charge in [0.15, 0.2) is 0 Å². The minimum absolute atomic E-state index is 0.0717. The van der Waals surface area contributed by atoms with E-state index in [9.17, 15) is 4.79 Å². The standard InChI is InChI=1S/C16H13NO/c18-16-13-7-3-5-11-8-10-4-1-2-6-12(10)14(9-17-16)15(11)13/h1-7,14H,8-9H2,(H,17,18)/t14-/m0/s1. The lowest BCUT2D eigenvalue weighted by Gasteiger charge is -2.33. The average molecular weight is 235 g/mol. The van der Waals surface area contributed by atoms with Crippen LogP contribution in [0.4, 0.5) is 0 Å². The van der Waals surface area contributed by atoms with Crippen LogP contribution >= 0.6 is 0 Å². The average Bonchev–Trinajstić information content (AvgIpc) is 2.42. The van der Waals surface area contributed by atoms with E-state index >= 15 is 0 Å². The van der Waals surface area contributed by atoms with Crippen molar-refractivity contribution in [1.82, 2.24) is 5.32 Å². The Hall–Kier alpha value is -2.09. The van der Waals surface area contributed by atoms with Crippen molar-refractivity contribution in [1.29, 1.82) is 0 Å². The van der Waals surface area contributed by atoms with Crippen molar-refractivity contribution in [3.05, 3.63) is 70.3 Å². The number of fused-ring (bicyclic) bond motifs is 2. The number of hydrogen-bond donors (Lipinski definition) is 1. The molecule has 0 saturated heterocycles. The second kappa shape index (κ2) is 3.45. The van der Waals surface area contributed by atoms with Gasteiger partial charge < -0.3 is 5.32 Å². The first-order valence-electron chi connectivity index (χ1n) is 6.32. The molecule has 1 aliphatic heterocycles. The van der Waals surface area contributed by atoms with Gasteiger partial charge in [-0.1, -0.05) is 36.4 Å². The summed E-state index contributed by atoms with van der Waals surface area (Å²) >= 11 is 0. The number of carbonyl (C=O) groups is 1. The van der Waals surface area contributed by atoms with Crippen LogP contribution in [0.1, 0.15) is 38.5 Å². The van der Waals surface area contributed by atoms with E-state index in [1.54, 1.807) is 0 Å². The summed E-state index contributed by atoms with van der Waals surface area (Å²) in [4.78, 5) is 11.9. The number of hydrogen-bond acceptors (Lipinski definition) is 1. The zero-order valence-electron chi connectivity index (χ0n) is 9.94. The van der Waals surface area contributed by atoms with Gasteiger partial charge in [0.2, 0.25) is 0 Å². The highest BCUT2D eigenvalue weighted by atomic mass is 16.1. The Bertz CT molecular complexity index is 660. The maximum absolute atomic E-state index is 11.9. The number of amides is 1. The predicted molar refractivity (Wildman–Crippen MR) is 69.9 cm³/mol. The van der Waals surface area contributed by atoms with Gasteiger partial charge in [-0.2, -0.15) is 0 Å². The van der Waals surface area contributed by atoms with E-state index in [4.69, 9.17) is 0 Å². The molecule has 0 bridgehead atoms. The Morgan fingerprint density at radius 2 is 1.83 bits per heavy atom. The number of carbonyl (C=O) groups excluding carboxylic acids is 1. The van der Waals surface area contributed by atoms with Gasteiger partial charge in [0.05, 0.1) is 0 Å². The number of benzene rings is 2. The molecule has 0 aromatic heterocycles. The zero-order valence-corrected chi connectivity index (χ0v) is 9.94. The lowest BCUT2D eigenvalue weighted by Crippen LogP contribution is -2.37. The smallest absolute Gasteiger partial charge is 0.251 e. The second-order valence-electron chi connectivity index (χ2n) is 5.02. The third-order valence-electron chi connectivity index (χ3n) is 4.07. The van der Waals surface area contributed by atoms with Crippen molar-refractivity contribution in [3.63, 3.8) is 0 Å². The van der Waals surface area contributed by atoms with Crippen molar-refractivity contribution in [3.8, 4) is 0 Å². The minimum Gasteiger partial charge on any atom is -0.351 e. The topological polar surface area (TPSA) is 29.1 Å². The molecule has 88 valence electrons. The van der Waals surface area contributed by atoms with Crippen LogP contribution < -0.4 is 5.32 Å². The van der Waals surface area contributed by atoms with Gasteiger partial charge >= 0.3 is 0 Å². The predicted octanol–water partition coefficient (Wildman–Crippen LogP) is 2.47. The summed E-state index contributed by atoms with van der Waals surface area (Å²) in [7, 11) is 0. The highest BCUT2D eigenvalue weighted by molar-refractivity contribution is 5.98. The normalized spacial score (nSPS) is 19.8. The van der Waals surface area contributed by atoms with Crippen LogP contribution in [0.25, 0.3) is 0 Å².